The summed E-state index contributed by atoms with van der Waals surface area (Å²) in [5, 5.41) is 1.26. The van der Waals surface area contributed by atoms with Gasteiger partial charge >= 0.3 is 0 Å². The first-order valence-electron chi connectivity index (χ1n) is 4.84. The molecule has 0 radical (unpaired) electrons. The highest BCUT2D eigenvalue weighted by Crippen LogP contribution is 2.32. The fourth-order valence-electron chi connectivity index (χ4n) is 1.53. The van der Waals surface area contributed by atoms with Crippen LogP contribution < -0.4 is 5.73 Å². The second-order valence-electron chi connectivity index (χ2n) is 3.30. The predicted octanol–water partition coefficient (Wildman–Crippen LogP) is 3.97. The van der Waals surface area contributed by atoms with Crippen LogP contribution in [0.2, 0.25) is 10.0 Å². The van der Waals surface area contributed by atoms with E-state index in [1.54, 1.807) is 0 Å². The first-order chi connectivity index (χ1) is 6.61. The van der Waals surface area contributed by atoms with E-state index >= 15 is 0 Å². The van der Waals surface area contributed by atoms with Gasteiger partial charge in [0.25, 0.3) is 0 Å². The van der Waals surface area contributed by atoms with Crippen LogP contribution >= 0.6 is 23.2 Å². The van der Waals surface area contributed by atoms with Crippen molar-refractivity contribution in [1.82, 2.24) is 0 Å². The second-order valence-corrected chi connectivity index (χ2v) is 4.08. The lowest BCUT2D eigenvalue weighted by atomic mass is 9.97. The van der Waals surface area contributed by atoms with E-state index in [4.69, 9.17) is 28.9 Å². The molecular weight excluding hydrogens is 217 g/mol. The summed E-state index contributed by atoms with van der Waals surface area (Å²) >= 11 is 12.1. The van der Waals surface area contributed by atoms with E-state index in [9.17, 15) is 0 Å². The molecule has 0 fully saturated rings. The summed E-state index contributed by atoms with van der Waals surface area (Å²) in [5.74, 6) is 0. The fourth-order valence-corrected chi connectivity index (χ4v) is 2.02. The lowest BCUT2D eigenvalue weighted by Crippen LogP contribution is -2.11. The third kappa shape index (κ3) is 2.22. The number of halogens is 2. The molecule has 0 aliphatic carbocycles. The average Bonchev–Trinajstić information content (AvgIpc) is 2.20. The van der Waals surface area contributed by atoms with Crippen LogP contribution in [0.5, 0.6) is 0 Å². The Morgan fingerprint density at radius 1 is 1.29 bits per heavy atom. The molecule has 1 rings (SSSR count). The number of nitrogens with two attached hydrogens (primary N) is 1. The molecule has 78 valence electrons. The molecule has 1 aromatic rings. The zero-order chi connectivity index (χ0) is 10.7. The topological polar surface area (TPSA) is 26.0 Å². The van der Waals surface area contributed by atoms with Gasteiger partial charge in [0.1, 0.15) is 0 Å². The highest BCUT2D eigenvalue weighted by atomic mass is 35.5. The SMILES string of the molecule is CCc1c([C@H](N)CC)ccc(Cl)c1Cl. The van der Waals surface area contributed by atoms with Gasteiger partial charge in [0.15, 0.2) is 0 Å². The van der Waals surface area contributed by atoms with E-state index in [-0.39, 0.29) is 6.04 Å². The maximum Gasteiger partial charge on any atom is 0.0627 e. The molecule has 0 saturated carbocycles. The number of rotatable bonds is 3. The minimum Gasteiger partial charge on any atom is -0.324 e. The van der Waals surface area contributed by atoms with Crippen molar-refractivity contribution in [2.45, 2.75) is 32.7 Å². The Labute approximate surface area is 95.2 Å². The van der Waals surface area contributed by atoms with Crippen LogP contribution in [0.25, 0.3) is 0 Å². The second kappa shape index (κ2) is 5.01. The van der Waals surface area contributed by atoms with E-state index in [1.807, 2.05) is 12.1 Å². The number of hydrogen-bond acceptors (Lipinski definition) is 1. The smallest absolute Gasteiger partial charge is 0.0627 e. The van der Waals surface area contributed by atoms with Crippen LogP contribution in [0.3, 0.4) is 0 Å². The van der Waals surface area contributed by atoms with E-state index in [0.29, 0.717) is 10.0 Å². The Morgan fingerprint density at radius 2 is 1.93 bits per heavy atom. The van der Waals surface area contributed by atoms with Crippen LogP contribution in [0.4, 0.5) is 0 Å². The van der Waals surface area contributed by atoms with Crippen molar-refractivity contribution in [3.63, 3.8) is 0 Å². The van der Waals surface area contributed by atoms with E-state index in [0.717, 1.165) is 24.0 Å². The van der Waals surface area contributed by atoms with Crippen LogP contribution in [0, 0.1) is 0 Å². The minimum absolute atomic E-state index is 0.0553. The zero-order valence-electron chi connectivity index (χ0n) is 8.48. The highest BCUT2D eigenvalue weighted by Gasteiger charge is 2.13. The normalized spacial score (nSPS) is 12.9. The molecule has 0 aliphatic rings. The molecule has 3 heteroatoms. The number of benzene rings is 1. The minimum atomic E-state index is 0.0553. The van der Waals surface area contributed by atoms with Crippen LogP contribution in [-0.4, -0.2) is 0 Å². The Morgan fingerprint density at radius 3 is 2.43 bits per heavy atom. The van der Waals surface area contributed by atoms with Crippen LogP contribution in [-0.2, 0) is 6.42 Å². The van der Waals surface area contributed by atoms with Crippen molar-refractivity contribution in [2.75, 3.05) is 0 Å². The highest BCUT2D eigenvalue weighted by molar-refractivity contribution is 6.42. The lowest BCUT2D eigenvalue weighted by molar-refractivity contribution is 0.690. The first-order valence-corrected chi connectivity index (χ1v) is 5.59. The molecule has 0 amide bonds. The van der Waals surface area contributed by atoms with E-state index < -0.39 is 0 Å². The summed E-state index contributed by atoms with van der Waals surface area (Å²) in [6, 6.07) is 3.84. The Kier molecular flexibility index (Phi) is 4.24. The molecule has 2 N–H and O–H groups in total. The van der Waals surface area contributed by atoms with Gasteiger partial charge in [-0.1, -0.05) is 43.1 Å². The summed E-state index contributed by atoms with van der Waals surface area (Å²) in [5.41, 5.74) is 8.18. The maximum atomic E-state index is 6.11. The molecule has 14 heavy (non-hydrogen) atoms. The van der Waals surface area contributed by atoms with Gasteiger partial charge < -0.3 is 5.73 Å². The molecule has 0 aliphatic heterocycles. The monoisotopic (exact) mass is 231 g/mol. The van der Waals surface area contributed by atoms with Gasteiger partial charge in [0.05, 0.1) is 10.0 Å². The summed E-state index contributed by atoms with van der Waals surface area (Å²) in [6.07, 6.45) is 1.77. The van der Waals surface area contributed by atoms with Gasteiger partial charge in [0, 0.05) is 6.04 Å². The van der Waals surface area contributed by atoms with Crippen molar-refractivity contribution < 1.29 is 0 Å². The molecule has 1 atom stereocenters. The summed E-state index contributed by atoms with van der Waals surface area (Å²) in [4.78, 5) is 0. The Hall–Kier alpha value is -0.240. The molecule has 0 spiro atoms. The maximum absolute atomic E-state index is 6.11. The van der Waals surface area contributed by atoms with E-state index in [1.165, 1.54) is 0 Å². The predicted molar refractivity (Wildman–Crippen MR) is 63.1 cm³/mol. The summed E-state index contributed by atoms with van der Waals surface area (Å²) < 4.78 is 0. The lowest BCUT2D eigenvalue weighted by Gasteiger charge is -2.16. The van der Waals surface area contributed by atoms with E-state index in [2.05, 4.69) is 13.8 Å². The molecule has 1 nitrogen and oxygen atoms in total. The summed E-state index contributed by atoms with van der Waals surface area (Å²) in [7, 11) is 0. The van der Waals surface area contributed by atoms with Gasteiger partial charge in [-0.15, -0.1) is 0 Å². The van der Waals surface area contributed by atoms with Gasteiger partial charge in [0.2, 0.25) is 0 Å². The van der Waals surface area contributed by atoms with Crippen molar-refractivity contribution in [3.8, 4) is 0 Å². The molecule has 0 bridgehead atoms. The van der Waals surface area contributed by atoms with Crippen molar-refractivity contribution in [1.29, 1.82) is 0 Å². The van der Waals surface area contributed by atoms with Crippen molar-refractivity contribution in [2.24, 2.45) is 5.73 Å². The first kappa shape index (κ1) is 11.8. The van der Waals surface area contributed by atoms with Gasteiger partial charge in [-0.25, -0.2) is 0 Å². The summed E-state index contributed by atoms with van der Waals surface area (Å²) in [6.45, 7) is 4.12. The molecule has 1 aromatic carbocycles. The molecule has 0 aromatic heterocycles. The fraction of sp³-hybridized carbons (Fsp3) is 0.455. The molecule has 0 saturated heterocycles. The average molecular weight is 232 g/mol. The Bertz CT molecular complexity index is 323. The van der Waals surface area contributed by atoms with Crippen molar-refractivity contribution in [3.05, 3.63) is 33.3 Å². The number of hydrogen-bond donors (Lipinski definition) is 1. The van der Waals surface area contributed by atoms with Crippen LogP contribution in [0.15, 0.2) is 12.1 Å². The van der Waals surface area contributed by atoms with Crippen molar-refractivity contribution >= 4 is 23.2 Å². The zero-order valence-corrected chi connectivity index (χ0v) is 9.99. The van der Waals surface area contributed by atoms with Gasteiger partial charge in [-0.05, 0) is 30.0 Å². The van der Waals surface area contributed by atoms with Gasteiger partial charge in [-0.3, -0.25) is 0 Å². The standard InChI is InChI=1S/C11H15Cl2N/c1-3-7-8(10(14)4-2)5-6-9(12)11(7)13/h5-6,10H,3-4,14H2,1-2H3/t10-/m1/s1. The molecular formula is C11H15Cl2N. The molecule has 0 unspecified atom stereocenters. The third-order valence-electron chi connectivity index (χ3n) is 2.43. The van der Waals surface area contributed by atoms with Gasteiger partial charge in [-0.2, -0.15) is 0 Å². The molecule has 0 heterocycles. The largest absolute Gasteiger partial charge is 0.324 e. The quantitative estimate of drug-likeness (QED) is 0.838. The van der Waals surface area contributed by atoms with Crippen LogP contribution in [0.1, 0.15) is 37.4 Å². The Balaban J connectivity index is 3.23. The third-order valence-corrected chi connectivity index (χ3v) is 3.27.